The molecule has 0 bridgehead atoms. The van der Waals surface area contributed by atoms with Crippen LogP contribution in [0, 0.1) is 0 Å². The molecule has 1 aromatic rings. The number of hydrogen-bond acceptors (Lipinski definition) is 13. The smallest absolute Gasteiger partial charge is 0.404 e. The quantitative estimate of drug-likeness (QED) is 0.0608. The second-order valence-electron chi connectivity index (χ2n) is 7.65. The number of hydrazine groups is 1. The third kappa shape index (κ3) is 5.66. The molecule has 0 radical (unpaired) electrons. The van der Waals surface area contributed by atoms with Gasteiger partial charge in [0.25, 0.3) is 17.7 Å². The fourth-order valence-corrected chi connectivity index (χ4v) is 5.28. The van der Waals surface area contributed by atoms with Crippen molar-refractivity contribution < 1.29 is 38.7 Å². The number of nitrogens with one attached hydrogen (secondary N) is 2. The van der Waals surface area contributed by atoms with Crippen molar-refractivity contribution in [3.05, 3.63) is 22.3 Å². The van der Waals surface area contributed by atoms with Crippen molar-refractivity contribution in [2.45, 2.75) is 30.4 Å². The van der Waals surface area contributed by atoms with Gasteiger partial charge in [0, 0.05) is 23.1 Å². The summed E-state index contributed by atoms with van der Waals surface area (Å²) in [5, 5.41) is 16.7. The lowest BCUT2D eigenvalue weighted by atomic mass is 10.00. The first-order valence-corrected chi connectivity index (χ1v) is 11.9. The highest BCUT2D eigenvalue weighted by atomic mass is 32.2. The number of aliphatic carboxylic acids is 1. The van der Waals surface area contributed by atoms with E-state index in [1.165, 1.54) is 6.92 Å². The van der Waals surface area contributed by atoms with Crippen LogP contribution in [-0.4, -0.2) is 80.4 Å². The number of nitrogens with zero attached hydrogens (tertiary/aromatic N) is 3. The third-order valence-corrected chi connectivity index (χ3v) is 7.12. The van der Waals surface area contributed by atoms with Crippen LogP contribution in [-0.2, 0) is 35.2 Å². The van der Waals surface area contributed by atoms with Gasteiger partial charge in [0.2, 0.25) is 5.60 Å². The zero-order valence-electron chi connectivity index (χ0n) is 18.6. The van der Waals surface area contributed by atoms with Crippen molar-refractivity contribution in [2.75, 3.05) is 18.1 Å². The number of carboxylic acids is 1. The van der Waals surface area contributed by atoms with Gasteiger partial charge in [-0.25, -0.2) is 20.4 Å². The Bertz CT molecular complexity index is 1150. The number of thiazole rings is 1. The fourth-order valence-electron chi connectivity index (χ4n) is 3.39. The van der Waals surface area contributed by atoms with E-state index in [0.717, 1.165) is 34.2 Å². The summed E-state index contributed by atoms with van der Waals surface area (Å²) >= 11 is 2.33. The van der Waals surface area contributed by atoms with Gasteiger partial charge in [0.15, 0.2) is 5.13 Å². The Morgan fingerprint density at radius 3 is 2.72 bits per heavy atom. The van der Waals surface area contributed by atoms with Crippen LogP contribution >= 0.6 is 23.1 Å². The molecule has 0 saturated carbocycles. The number of oxime groups is 1. The minimum absolute atomic E-state index is 0.0520. The number of anilines is 1. The van der Waals surface area contributed by atoms with E-state index in [4.69, 9.17) is 22.1 Å². The van der Waals surface area contributed by atoms with Crippen molar-refractivity contribution in [1.82, 2.24) is 20.6 Å². The van der Waals surface area contributed by atoms with E-state index >= 15 is 0 Å². The molecule has 18 heteroatoms. The predicted molar refractivity (Wildman–Crippen MR) is 126 cm³/mol. The van der Waals surface area contributed by atoms with Crippen molar-refractivity contribution in [1.29, 1.82) is 0 Å². The second-order valence-corrected chi connectivity index (χ2v) is 9.64. The molecule has 3 heterocycles. The van der Waals surface area contributed by atoms with E-state index in [-0.39, 0.29) is 35.2 Å². The Kier molecular flexibility index (Phi) is 8.00. The molecule has 16 nitrogen and oxygen atoms in total. The van der Waals surface area contributed by atoms with Gasteiger partial charge in [-0.3, -0.25) is 24.7 Å². The molecule has 1 aromatic heterocycles. The van der Waals surface area contributed by atoms with Gasteiger partial charge >= 0.3 is 12.1 Å². The van der Waals surface area contributed by atoms with Crippen molar-refractivity contribution in [3.63, 3.8) is 0 Å². The number of primary amides is 1. The predicted octanol–water partition coefficient (Wildman–Crippen LogP) is -2.15. The van der Waals surface area contributed by atoms with Crippen LogP contribution in [0.1, 0.15) is 12.6 Å². The van der Waals surface area contributed by atoms with E-state index < -0.39 is 46.8 Å². The number of carboxylic acid groups (broad SMARTS) is 1. The van der Waals surface area contributed by atoms with Crippen LogP contribution in [0.2, 0.25) is 0 Å². The first-order chi connectivity index (χ1) is 17.0. The summed E-state index contributed by atoms with van der Waals surface area (Å²) in [5.74, 6) is 1.70. The van der Waals surface area contributed by atoms with Gasteiger partial charge in [0.05, 0.1) is 5.69 Å². The van der Waals surface area contributed by atoms with E-state index in [9.17, 15) is 29.1 Å². The van der Waals surface area contributed by atoms with Gasteiger partial charge in [-0.2, -0.15) is 0 Å². The van der Waals surface area contributed by atoms with Crippen molar-refractivity contribution in [3.8, 4) is 0 Å². The molecule has 36 heavy (non-hydrogen) atoms. The molecular formula is C18H22N8O8S2. The number of rotatable bonds is 10. The molecule has 194 valence electrons. The van der Waals surface area contributed by atoms with Crippen molar-refractivity contribution >= 4 is 64.2 Å². The number of β-lactam (4-membered cyclic amide) rings is 1. The summed E-state index contributed by atoms with van der Waals surface area (Å²) in [6.07, 6.45) is -0.415. The maximum atomic E-state index is 12.6. The average molecular weight is 543 g/mol. The molecule has 0 aromatic carbocycles. The van der Waals surface area contributed by atoms with Crippen LogP contribution in [0.15, 0.2) is 21.8 Å². The molecule has 3 unspecified atom stereocenters. The number of thioether (sulfide) groups is 1. The standard InChI is InChI=1S/C18H22N8O8S2/c1-18(15(31)25-21,2-8-6-36-16(19)23-8)34-22-3-9(27)24-10-12(28)26-11(14(29)30)7(4-33-17(20)32)5-35-13(10)26/h3,6,10,13H,2,4-5,21H2,1H3,(H2,19,23)(H2,20,32)(H,24,27)(H,25,31)(H,29,30)/b22-3+. The summed E-state index contributed by atoms with van der Waals surface area (Å²) in [7, 11) is 0. The number of nitrogen functional groups attached to an aromatic ring is 1. The molecule has 2 aliphatic heterocycles. The van der Waals surface area contributed by atoms with Crippen LogP contribution < -0.4 is 28.1 Å². The van der Waals surface area contributed by atoms with Gasteiger partial charge in [-0.05, 0) is 6.92 Å². The van der Waals surface area contributed by atoms with E-state index in [0.29, 0.717) is 5.69 Å². The first kappa shape index (κ1) is 26.7. The Hall–Kier alpha value is -3.90. The molecule has 1 fully saturated rings. The summed E-state index contributed by atoms with van der Waals surface area (Å²) in [5.41, 5.74) is 11.1. The number of hydrogen-bond donors (Lipinski definition) is 6. The Labute approximate surface area is 211 Å². The first-order valence-electron chi connectivity index (χ1n) is 10.0. The SMILES string of the molecule is CC(Cc1csc(N)n1)(O/N=C/C(=O)NC1C(=O)N2C(C(=O)O)=C(COC(N)=O)CSC12)C(=O)NN. The third-order valence-electron chi connectivity index (χ3n) is 5.06. The minimum atomic E-state index is -1.63. The van der Waals surface area contributed by atoms with Crippen LogP contribution in [0.5, 0.6) is 0 Å². The van der Waals surface area contributed by atoms with Gasteiger partial charge < -0.3 is 31.5 Å². The molecular weight excluding hydrogens is 520 g/mol. The highest BCUT2D eigenvalue weighted by Gasteiger charge is 2.54. The summed E-state index contributed by atoms with van der Waals surface area (Å²) in [6, 6.07) is -1.04. The van der Waals surface area contributed by atoms with Crippen LogP contribution in [0.3, 0.4) is 0 Å². The molecule has 2 aliphatic rings. The normalized spacial score (nSPS) is 20.7. The lowest BCUT2D eigenvalue weighted by Crippen LogP contribution is -2.70. The zero-order chi connectivity index (χ0) is 26.6. The molecule has 1 saturated heterocycles. The minimum Gasteiger partial charge on any atom is -0.477 e. The number of aromatic nitrogens is 1. The van der Waals surface area contributed by atoms with E-state index in [2.05, 4.69) is 20.2 Å². The summed E-state index contributed by atoms with van der Waals surface area (Å²) < 4.78 is 4.65. The number of nitrogens with two attached hydrogens (primary N) is 3. The average Bonchev–Trinajstić information content (AvgIpc) is 3.23. The molecule has 3 rings (SSSR count). The molecule has 3 atom stereocenters. The topological polar surface area (TPSA) is 255 Å². The van der Waals surface area contributed by atoms with E-state index in [1.54, 1.807) is 5.38 Å². The van der Waals surface area contributed by atoms with Crippen LogP contribution in [0.25, 0.3) is 0 Å². The number of ether oxygens (including phenoxy) is 1. The van der Waals surface area contributed by atoms with Gasteiger partial charge in [-0.1, -0.05) is 5.16 Å². The maximum Gasteiger partial charge on any atom is 0.404 e. The van der Waals surface area contributed by atoms with Crippen LogP contribution in [0.4, 0.5) is 9.93 Å². The highest BCUT2D eigenvalue weighted by molar-refractivity contribution is 8.00. The number of carbonyl (C=O) groups is 5. The Balaban J connectivity index is 1.63. The highest BCUT2D eigenvalue weighted by Crippen LogP contribution is 2.40. The number of amides is 4. The molecule has 0 aliphatic carbocycles. The Morgan fingerprint density at radius 2 is 2.14 bits per heavy atom. The maximum absolute atomic E-state index is 12.6. The summed E-state index contributed by atoms with van der Waals surface area (Å²) in [6.45, 7) is 0.995. The molecule has 9 N–H and O–H groups in total. The summed E-state index contributed by atoms with van der Waals surface area (Å²) in [4.78, 5) is 70.0. The lowest BCUT2D eigenvalue weighted by Gasteiger charge is -2.49. The Morgan fingerprint density at radius 1 is 1.42 bits per heavy atom. The second kappa shape index (κ2) is 10.8. The molecule has 0 spiro atoms. The van der Waals surface area contributed by atoms with Gasteiger partial charge in [-0.15, -0.1) is 23.1 Å². The lowest BCUT2D eigenvalue weighted by molar-refractivity contribution is -0.150. The van der Waals surface area contributed by atoms with Gasteiger partial charge in [0.1, 0.15) is 29.9 Å². The van der Waals surface area contributed by atoms with Crippen molar-refractivity contribution in [2.24, 2.45) is 16.7 Å². The zero-order valence-corrected chi connectivity index (χ0v) is 20.3. The number of carbonyl (C=O) groups excluding carboxylic acids is 4. The molecule has 4 amide bonds. The largest absolute Gasteiger partial charge is 0.477 e. The monoisotopic (exact) mass is 542 g/mol. The van der Waals surface area contributed by atoms with E-state index in [1.807, 2.05) is 5.43 Å². The fraction of sp³-hybridized carbons (Fsp3) is 0.389. The number of fused-ring (bicyclic) bond motifs is 1.